The molecule has 1 amide bonds. The van der Waals surface area contributed by atoms with Crippen LogP contribution in [0.3, 0.4) is 0 Å². The van der Waals surface area contributed by atoms with Crippen molar-refractivity contribution in [2.24, 2.45) is 11.7 Å². The van der Waals surface area contributed by atoms with E-state index in [1.807, 2.05) is 11.0 Å². The summed E-state index contributed by atoms with van der Waals surface area (Å²) in [5, 5.41) is 0. The number of nitrogens with two attached hydrogens (primary N) is 1. The van der Waals surface area contributed by atoms with Gasteiger partial charge in [0.1, 0.15) is 0 Å². The molecule has 0 saturated carbocycles. The number of amides is 1. The summed E-state index contributed by atoms with van der Waals surface area (Å²) in [5.41, 5.74) is 8.07. The van der Waals surface area contributed by atoms with Crippen LogP contribution in [0.25, 0.3) is 0 Å². The molecule has 0 aliphatic carbocycles. The molecule has 0 radical (unpaired) electrons. The Hall–Kier alpha value is -1.35. The Bertz CT molecular complexity index is 472. The van der Waals surface area contributed by atoms with Gasteiger partial charge in [-0.05, 0) is 56.7 Å². The van der Waals surface area contributed by atoms with E-state index in [-0.39, 0.29) is 5.91 Å². The first kappa shape index (κ1) is 16.0. The van der Waals surface area contributed by atoms with Crippen LogP contribution in [0.5, 0.6) is 0 Å². The van der Waals surface area contributed by atoms with Crippen LogP contribution in [0.1, 0.15) is 51.5 Å². The van der Waals surface area contributed by atoms with Gasteiger partial charge in [-0.2, -0.15) is 0 Å². The lowest BCUT2D eigenvalue weighted by atomic mass is 9.93. The molecule has 0 aromatic heterocycles. The van der Waals surface area contributed by atoms with Crippen molar-refractivity contribution in [3.8, 4) is 0 Å². The Balaban J connectivity index is 2.04. The summed E-state index contributed by atoms with van der Waals surface area (Å²) < 4.78 is 0. The molecule has 0 spiro atoms. The first-order valence-electron chi connectivity index (χ1n) is 8.27. The summed E-state index contributed by atoms with van der Waals surface area (Å²) in [6.45, 7) is 5.06. The van der Waals surface area contributed by atoms with E-state index in [1.165, 1.54) is 5.56 Å². The maximum atomic E-state index is 12.7. The molecule has 2 rings (SSSR count). The molecule has 3 heteroatoms. The Morgan fingerprint density at radius 1 is 1.38 bits per heavy atom. The van der Waals surface area contributed by atoms with Gasteiger partial charge < -0.3 is 10.6 Å². The third kappa shape index (κ3) is 3.85. The Morgan fingerprint density at radius 2 is 2.14 bits per heavy atom. The van der Waals surface area contributed by atoms with Crippen molar-refractivity contribution >= 4 is 11.6 Å². The van der Waals surface area contributed by atoms with Crippen molar-refractivity contribution in [2.45, 2.75) is 58.4 Å². The number of hydrogen-bond acceptors (Lipinski definition) is 2. The summed E-state index contributed by atoms with van der Waals surface area (Å²) >= 11 is 0. The second-order valence-corrected chi connectivity index (χ2v) is 6.17. The highest BCUT2D eigenvalue weighted by molar-refractivity contribution is 5.95. The highest BCUT2D eigenvalue weighted by Crippen LogP contribution is 2.31. The Labute approximate surface area is 128 Å². The summed E-state index contributed by atoms with van der Waals surface area (Å²) in [6.07, 6.45) is 5.86. The van der Waals surface area contributed by atoms with Crippen molar-refractivity contribution in [1.29, 1.82) is 0 Å². The molecule has 1 aromatic rings. The Kier molecular flexibility index (Phi) is 5.80. The molecule has 1 heterocycles. The molecule has 2 N–H and O–H groups in total. The molecule has 2 unspecified atom stereocenters. The SMILES string of the molecule is CCC(CCN)CCC(=O)N1c2ccccc2CCC1C. The molecule has 21 heavy (non-hydrogen) atoms. The molecular formula is C18H28N2O. The molecule has 0 bridgehead atoms. The third-order valence-electron chi connectivity index (χ3n) is 4.71. The van der Waals surface area contributed by atoms with Crippen molar-refractivity contribution in [3.05, 3.63) is 29.8 Å². The van der Waals surface area contributed by atoms with Crippen molar-refractivity contribution in [3.63, 3.8) is 0 Å². The van der Waals surface area contributed by atoms with Crippen LogP contribution in [-0.2, 0) is 11.2 Å². The van der Waals surface area contributed by atoms with E-state index < -0.39 is 0 Å². The highest BCUT2D eigenvalue weighted by atomic mass is 16.2. The molecule has 3 nitrogen and oxygen atoms in total. The van der Waals surface area contributed by atoms with Crippen LogP contribution >= 0.6 is 0 Å². The van der Waals surface area contributed by atoms with Crippen LogP contribution < -0.4 is 10.6 Å². The first-order chi connectivity index (χ1) is 10.2. The predicted octanol–water partition coefficient (Wildman–Crippen LogP) is 3.51. The van der Waals surface area contributed by atoms with Gasteiger partial charge in [0, 0.05) is 18.2 Å². The average molecular weight is 288 g/mol. The predicted molar refractivity (Wildman–Crippen MR) is 88.4 cm³/mol. The lowest BCUT2D eigenvalue weighted by molar-refractivity contribution is -0.119. The van der Waals surface area contributed by atoms with Gasteiger partial charge in [0.2, 0.25) is 5.91 Å². The van der Waals surface area contributed by atoms with Gasteiger partial charge in [0.25, 0.3) is 0 Å². The molecule has 116 valence electrons. The van der Waals surface area contributed by atoms with Gasteiger partial charge in [-0.25, -0.2) is 0 Å². The molecule has 0 fully saturated rings. The summed E-state index contributed by atoms with van der Waals surface area (Å²) in [7, 11) is 0. The van der Waals surface area contributed by atoms with Gasteiger partial charge >= 0.3 is 0 Å². The summed E-state index contributed by atoms with van der Waals surface area (Å²) in [5.74, 6) is 0.847. The number of benzene rings is 1. The zero-order valence-corrected chi connectivity index (χ0v) is 13.3. The van der Waals surface area contributed by atoms with Crippen molar-refractivity contribution in [2.75, 3.05) is 11.4 Å². The van der Waals surface area contributed by atoms with E-state index in [4.69, 9.17) is 5.73 Å². The van der Waals surface area contributed by atoms with E-state index in [2.05, 4.69) is 32.0 Å². The average Bonchev–Trinajstić information content (AvgIpc) is 2.51. The van der Waals surface area contributed by atoms with E-state index in [0.717, 1.165) is 44.3 Å². The zero-order chi connectivity index (χ0) is 15.2. The van der Waals surface area contributed by atoms with Crippen molar-refractivity contribution in [1.82, 2.24) is 0 Å². The molecule has 1 aliphatic rings. The quantitative estimate of drug-likeness (QED) is 0.870. The minimum atomic E-state index is 0.269. The van der Waals surface area contributed by atoms with Crippen LogP contribution in [0.4, 0.5) is 5.69 Å². The zero-order valence-electron chi connectivity index (χ0n) is 13.3. The molecule has 1 aliphatic heterocycles. The lowest BCUT2D eigenvalue weighted by Crippen LogP contribution is -2.42. The van der Waals surface area contributed by atoms with E-state index in [9.17, 15) is 4.79 Å². The lowest BCUT2D eigenvalue weighted by Gasteiger charge is -2.35. The number of anilines is 1. The van der Waals surface area contributed by atoms with Crippen LogP contribution in [-0.4, -0.2) is 18.5 Å². The maximum Gasteiger partial charge on any atom is 0.227 e. The molecular weight excluding hydrogens is 260 g/mol. The van der Waals surface area contributed by atoms with Gasteiger partial charge in [0.05, 0.1) is 0 Å². The number of aryl methyl sites for hydroxylation is 1. The number of hydrogen-bond donors (Lipinski definition) is 1. The molecule has 1 aromatic carbocycles. The smallest absolute Gasteiger partial charge is 0.227 e. The second kappa shape index (κ2) is 7.60. The van der Waals surface area contributed by atoms with Gasteiger partial charge in [-0.1, -0.05) is 31.5 Å². The maximum absolute atomic E-state index is 12.7. The normalized spacial score (nSPS) is 19.2. The van der Waals surface area contributed by atoms with E-state index in [1.54, 1.807) is 0 Å². The minimum Gasteiger partial charge on any atom is -0.330 e. The van der Waals surface area contributed by atoms with E-state index >= 15 is 0 Å². The van der Waals surface area contributed by atoms with Crippen molar-refractivity contribution < 1.29 is 4.79 Å². The second-order valence-electron chi connectivity index (χ2n) is 6.17. The number of nitrogens with zero attached hydrogens (tertiary/aromatic N) is 1. The highest BCUT2D eigenvalue weighted by Gasteiger charge is 2.27. The molecule has 2 atom stereocenters. The fourth-order valence-corrected chi connectivity index (χ4v) is 3.30. The van der Waals surface area contributed by atoms with Gasteiger partial charge in [0.15, 0.2) is 0 Å². The summed E-state index contributed by atoms with van der Waals surface area (Å²) in [4.78, 5) is 14.7. The number of carbonyl (C=O) groups is 1. The van der Waals surface area contributed by atoms with Crippen LogP contribution in [0, 0.1) is 5.92 Å². The monoisotopic (exact) mass is 288 g/mol. The number of rotatable bonds is 6. The fourth-order valence-electron chi connectivity index (χ4n) is 3.30. The first-order valence-corrected chi connectivity index (χ1v) is 8.27. The summed E-state index contributed by atoms with van der Waals surface area (Å²) in [6, 6.07) is 8.62. The topological polar surface area (TPSA) is 46.3 Å². The number of para-hydroxylation sites is 1. The van der Waals surface area contributed by atoms with Gasteiger partial charge in [-0.15, -0.1) is 0 Å². The van der Waals surface area contributed by atoms with Crippen LogP contribution in [0.2, 0.25) is 0 Å². The third-order valence-corrected chi connectivity index (χ3v) is 4.71. The van der Waals surface area contributed by atoms with Gasteiger partial charge in [-0.3, -0.25) is 4.79 Å². The standard InChI is InChI=1S/C18H28N2O/c1-3-15(12-13-19)9-11-18(21)20-14(2)8-10-16-6-4-5-7-17(16)20/h4-7,14-15H,3,8-13,19H2,1-2H3. The number of carbonyl (C=O) groups excluding carboxylic acids is 1. The minimum absolute atomic E-state index is 0.269. The van der Waals surface area contributed by atoms with E-state index in [0.29, 0.717) is 18.4 Å². The van der Waals surface area contributed by atoms with Crippen LogP contribution in [0.15, 0.2) is 24.3 Å². The fraction of sp³-hybridized carbons (Fsp3) is 0.611. The number of fused-ring (bicyclic) bond motifs is 1. The molecule has 0 saturated heterocycles. The Morgan fingerprint density at radius 3 is 2.86 bits per heavy atom. The largest absolute Gasteiger partial charge is 0.330 e.